The number of halogens is 5. The number of benzene rings is 1. The molecule has 0 aliphatic heterocycles. The number of hydrogen-bond donors (Lipinski definition) is 1. The summed E-state index contributed by atoms with van der Waals surface area (Å²) in [5.74, 6) is -3.76. The van der Waals surface area contributed by atoms with Crippen LogP contribution in [0.3, 0.4) is 0 Å². The van der Waals surface area contributed by atoms with Gasteiger partial charge in [0.1, 0.15) is 16.5 Å². The van der Waals surface area contributed by atoms with Crippen LogP contribution in [0.5, 0.6) is 0 Å². The van der Waals surface area contributed by atoms with E-state index in [1.807, 2.05) is 0 Å². The van der Waals surface area contributed by atoms with Gasteiger partial charge in [0, 0.05) is 11.8 Å². The zero-order valence-electron chi connectivity index (χ0n) is 9.17. The molecule has 2 rings (SSSR count). The van der Waals surface area contributed by atoms with Crippen molar-refractivity contribution in [2.75, 3.05) is 0 Å². The zero-order chi connectivity index (χ0) is 14.2. The van der Waals surface area contributed by atoms with Crippen LogP contribution >= 0.6 is 27.5 Å². The van der Waals surface area contributed by atoms with Gasteiger partial charge < -0.3 is 5.11 Å². The second-order valence-corrected chi connectivity index (χ2v) is 4.91. The predicted molar refractivity (Wildman–Crippen MR) is 67.3 cm³/mol. The molecule has 0 saturated heterocycles. The first kappa shape index (κ1) is 14.3. The van der Waals surface area contributed by atoms with Crippen LogP contribution in [0.25, 0.3) is 0 Å². The molecule has 1 aromatic heterocycles. The molecule has 0 spiro atoms. The van der Waals surface area contributed by atoms with Crippen LogP contribution in [-0.2, 0) is 0 Å². The fraction of sp³-hybridized carbons (Fsp3) is 0.0833. The molecule has 1 unspecified atom stereocenters. The van der Waals surface area contributed by atoms with Gasteiger partial charge in [0.25, 0.3) is 0 Å². The Morgan fingerprint density at radius 1 is 1.21 bits per heavy atom. The van der Waals surface area contributed by atoms with E-state index in [1.165, 1.54) is 12.3 Å². The van der Waals surface area contributed by atoms with Crippen molar-refractivity contribution in [2.24, 2.45) is 0 Å². The molecule has 1 aromatic carbocycles. The molecule has 1 N–H and O–H groups in total. The largest absolute Gasteiger partial charge is 0.383 e. The lowest BCUT2D eigenvalue weighted by atomic mass is 10.0. The highest BCUT2D eigenvalue weighted by Crippen LogP contribution is 2.32. The minimum Gasteiger partial charge on any atom is -0.383 e. The van der Waals surface area contributed by atoms with E-state index in [1.54, 1.807) is 0 Å². The van der Waals surface area contributed by atoms with Gasteiger partial charge in [0.2, 0.25) is 0 Å². The molecular weight excluding hydrogens is 346 g/mol. The number of hydrogen-bond acceptors (Lipinski definition) is 2. The third-order valence-corrected chi connectivity index (χ3v) is 3.25. The molecule has 0 amide bonds. The van der Waals surface area contributed by atoms with Crippen molar-refractivity contribution in [3.8, 4) is 0 Å². The van der Waals surface area contributed by atoms with Crippen LogP contribution in [0.4, 0.5) is 13.2 Å². The summed E-state index contributed by atoms with van der Waals surface area (Å²) >= 11 is 8.85. The summed E-state index contributed by atoms with van der Waals surface area (Å²) in [6.07, 6.45) is -0.526. The standard InChI is InChI=1S/C12H6BrClF3NO/c13-9-3-5(6(14)4-18-9)12(19)10-7(15)1-2-8(16)11(10)17/h1-4,12,19H. The maximum Gasteiger partial charge on any atom is 0.167 e. The van der Waals surface area contributed by atoms with E-state index in [-0.39, 0.29) is 10.6 Å². The fourth-order valence-corrected chi connectivity index (χ4v) is 2.14. The third-order valence-electron chi connectivity index (χ3n) is 2.50. The maximum absolute atomic E-state index is 13.6. The Labute approximate surface area is 120 Å². The number of aliphatic hydroxyl groups is 1. The lowest BCUT2D eigenvalue weighted by Crippen LogP contribution is -2.08. The Balaban J connectivity index is 2.59. The highest BCUT2D eigenvalue weighted by atomic mass is 79.9. The highest BCUT2D eigenvalue weighted by Gasteiger charge is 2.24. The van der Waals surface area contributed by atoms with Gasteiger partial charge >= 0.3 is 0 Å². The van der Waals surface area contributed by atoms with E-state index in [2.05, 4.69) is 20.9 Å². The average Bonchev–Trinajstić information content (AvgIpc) is 2.37. The molecule has 1 atom stereocenters. The van der Waals surface area contributed by atoms with Gasteiger partial charge in [0.05, 0.1) is 10.6 Å². The fourth-order valence-electron chi connectivity index (χ4n) is 1.59. The summed E-state index contributed by atoms with van der Waals surface area (Å²) < 4.78 is 40.6. The molecule has 0 bridgehead atoms. The molecule has 0 fully saturated rings. The van der Waals surface area contributed by atoms with Crippen molar-refractivity contribution >= 4 is 27.5 Å². The van der Waals surface area contributed by atoms with Crippen molar-refractivity contribution in [3.63, 3.8) is 0 Å². The summed E-state index contributed by atoms with van der Waals surface area (Å²) in [5, 5.41) is 10.0. The van der Waals surface area contributed by atoms with Gasteiger partial charge in [-0.15, -0.1) is 0 Å². The van der Waals surface area contributed by atoms with Crippen LogP contribution in [0.2, 0.25) is 5.02 Å². The highest BCUT2D eigenvalue weighted by molar-refractivity contribution is 9.10. The normalized spacial score (nSPS) is 12.5. The summed E-state index contributed by atoms with van der Waals surface area (Å²) in [6, 6.07) is 2.68. The molecule has 0 aliphatic carbocycles. The van der Waals surface area contributed by atoms with E-state index in [0.29, 0.717) is 10.7 Å². The smallest absolute Gasteiger partial charge is 0.167 e. The second-order valence-electron chi connectivity index (χ2n) is 3.69. The molecule has 7 heteroatoms. The van der Waals surface area contributed by atoms with E-state index in [9.17, 15) is 18.3 Å². The van der Waals surface area contributed by atoms with Crippen molar-refractivity contribution in [2.45, 2.75) is 6.10 Å². The van der Waals surface area contributed by atoms with Gasteiger partial charge in [-0.2, -0.15) is 0 Å². The Bertz CT molecular complexity index is 639. The Hall–Kier alpha value is -1.11. The average molecular weight is 353 g/mol. The summed E-state index contributed by atoms with van der Waals surface area (Å²) in [5.41, 5.74) is -0.771. The van der Waals surface area contributed by atoms with Crippen LogP contribution < -0.4 is 0 Å². The van der Waals surface area contributed by atoms with Gasteiger partial charge in [-0.1, -0.05) is 11.6 Å². The third kappa shape index (κ3) is 2.75. The molecule has 19 heavy (non-hydrogen) atoms. The first-order chi connectivity index (χ1) is 8.91. The minimum atomic E-state index is -1.73. The number of aliphatic hydroxyl groups excluding tert-OH is 1. The van der Waals surface area contributed by atoms with Gasteiger partial charge in [0.15, 0.2) is 11.6 Å². The summed E-state index contributed by atoms with van der Waals surface area (Å²) in [6.45, 7) is 0. The topological polar surface area (TPSA) is 33.1 Å². The summed E-state index contributed by atoms with van der Waals surface area (Å²) in [4.78, 5) is 3.79. The van der Waals surface area contributed by atoms with E-state index >= 15 is 0 Å². The molecular formula is C12H6BrClF3NO. The van der Waals surface area contributed by atoms with Gasteiger partial charge in [-0.3, -0.25) is 0 Å². The van der Waals surface area contributed by atoms with E-state index < -0.39 is 29.1 Å². The quantitative estimate of drug-likeness (QED) is 0.655. The number of rotatable bonds is 2. The van der Waals surface area contributed by atoms with Crippen LogP contribution in [0, 0.1) is 17.5 Å². The predicted octanol–water partition coefficient (Wildman–Crippen LogP) is 4.00. The van der Waals surface area contributed by atoms with Crippen molar-refractivity contribution in [1.29, 1.82) is 0 Å². The van der Waals surface area contributed by atoms with Crippen molar-refractivity contribution in [1.82, 2.24) is 4.98 Å². The van der Waals surface area contributed by atoms with Crippen molar-refractivity contribution in [3.05, 3.63) is 62.6 Å². The summed E-state index contributed by atoms with van der Waals surface area (Å²) in [7, 11) is 0. The molecule has 2 nitrogen and oxygen atoms in total. The van der Waals surface area contributed by atoms with Gasteiger partial charge in [-0.25, -0.2) is 18.2 Å². The maximum atomic E-state index is 13.6. The molecule has 2 aromatic rings. The Kier molecular flexibility index (Phi) is 4.13. The first-order valence-electron chi connectivity index (χ1n) is 5.04. The number of nitrogens with zero attached hydrogens (tertiary/aromatic N) is 1. The number of pyridine rings is 1. The van der Waals surface area contributed by atoms with E-state index in [4.69, 9.17) is 11.6 Å². The van der Waals surface area contributed by atoms with Crippen LogP contribution in [0.1, 0.15) is 17.2 Å². The monoisotopic (exact) mass is 351 g/mol. The Morgan fingerprint density at radius 3 is 2.53 bits per heavy atom. The van der Waals surface area contributed by atoms with E-state index in [0.717, 1.165) is 6.07 Å². The minimum absolute atomic E-state index is 0.0127. The lowest BCUT2D eigenvalue weighted by molar-refractivity contribution is 0.207. The molecule has 1 heterocycles. The molecule has 100 valence electrons. The Morgan fingerprint density at radius 2 is 1.84 bits per heavy atom. The second kappa shape index (κ2) is 5.48. The molecule has 0 saturated carbocycles. The van der Waals surface area contributed by atoms with Crippen LogP contribution in [-0.4, -0.2) is 10.1 Å². The number of aromatic nitrogens is 1. The van der Waals surface area contributed by atoms with Crippen molar-refractivity contribution < 1.29 is 18.3 Å². The molecule has 0 radical (unpaired) electrons. The molecule has 0 aliphatic rings. The SMILES string of the molecule is OC(c1cc(Br)ncc1Cl)c1c(F)ccc(F)c1F. The zero-order valence-corrected chi connectivity index (χ0v) is 11.5. The van der Waals surface area contributed by atoms with Crippen LogP contribution in [0.15, 0.2) is 29.0 Å². The first-order valence-corrected chi connectivity index (χ1v) is 6.21. The van der Waals surface area contributed by atoms with Gasteiger partial charge in [-0.05, 0) is 34.1 Å². The lowest BCUT2D eigenvalue weighted by Gasteiger charge is -2.15.